The van der Waals surface area contributed by atoms with Gasteiger partial charge in [0, 0.05) is 17.9 Å². The molecule has 0 radical (unpaired) electrons. The second-order valence-electron chi connectivity index (χ2n) is 6.82. The number of amides is 3. The molecule has 3 rings (SSSR count). The Labute approximate surface area is 186 Å². The molecule has 9 nitrogen and oxygen atoms in total. The molecular weight excluding hydrogens is 446 g/mol. The lowest BCUT2D eigenvalue weighted by Crippen LogP contribution is -2.45. The third kappa shape index (κ3) is 5.81. The molecule has 3 amide bonds. The zero-order valence-corrected chi connectivity index (χ0v) is 18.1. The summed E-state index contributed by atoms with van der Waals surface area (Å²) < 4.78 is 5.54. The summed E-state index contributed by atoms with van der Waals surface area (Å²) in [7, 11) is 0. The number of hydrogen-bond acceptors (Lipinski definition) is 6. The quantitative estimate of drug-likeness (QED) is 0.576. The third-order valence-electron chi connectivity index (χ3n) is 4.54. The number of hydrogen-bond donors (Lipinski definition) is 3. The highest BCUT2D eigenvalue weighted by molar-refractivity contribution is 7.18. The molecule has 1 aliphatic rings. The summed E-state index contributed by atoms with van der Waals surface area (Å²) in [5.41, 5.74) is 1.87. The SMILES string of the molecule is Cc1cc(NC(=O)C(CC(=O)O)NC(=O)c2ccc(Cl)s2)ccc1N1CCOCC1=O. The lowest BCUT2D eigenvalue weighted by atomic mass is 10.1. The summed E-state index contributed by atoms with van der Waals surface area (Å²) >= 11 is 6.84. The average molecular weight is 466 g/mol. The van der Waals surface area contributed by atoms with Crippen molar-refractivity contribution in [2.45, 2.75) is 19.4 Å². The monoisotopic (exact) mass is 465 g/mol. The number of morpholine rings is 1. The summed E-state index contributed by atoms with van der Waals surface area (Å²) in [4.78, 5) is 50.1. The van der Waals surface area contributed by atoms with Crippen molar-refractivity contribution in [1.82, 2.24) is 5.32 Å². The Hall–Kier alpha value is -2.95. The van der Waals surface area contributed by atoms with E-state index in [2.05, 4.69) is 10.6 Å². The van der Waals surface area contributed by atoms with Gasteiger partial charge in [0.2, 0.25) is 5.91 Å². The molecule has 1 fully saturated rings. The van der Waals surface area contributed by atoms with Crippen LogP contribution in [0.3, 0.4) is 0 Å². The first-order valence-electron chi connectivity index (χ1n) is 9.32. The maximum absolute atomic E-state index is 12.7. The van der Waals surface area contributed by atoms with Crippen molar-refractivity contribution in [1.29, 1.82) is 0 Å². The summed E-state index contributed by atoms with van der Waals surface area (Å²) in [6.45, 7) is 2.69. The zero-order valence-electron chi connectivity index (χ0n) is 16.5. The van der Waals surface area contributed by atoms with Crippen molar-refractivity contribution in [2.75, 3.05) is 30.0 Å². The summed E-state index contributed by atoms with van der Waals surface area (Å²) in [5.74, 6) is -2.64. The molecule has 2 aromatic rings. The number of aliphatic carboxylic acids is 1. The van der Waals surface area contributed by atoms with Crippen LogP contribution in [0, 0.1) is 6.92 Å². The second kappa shape index (κ2) is 9.90. The van der Waals surface area contributed by atoms with Gasteiger partial charge in [0.15, 0.2) is 0 Å². The normalized spacial score (nSPS) is 14.8. The van der Waals surface area contributed by atoms with E-state index in [9.17, 15) is 19.2 Å². The van der Waals surface area contributed by atoms with Crippen molar-refractivity contribution in [2.24, 2.45) is 0 Å². The molecule has 1 aliphatic heterocycles. The first kappa shape index (κ1) is 22.7. The third-order valence-corrected chi connectivity index (χ3v) is 5.77. The number of carbonyl (C=O) groups is 4. The second-order valence-corrected chi connectivity index (χ2v) is 8.53. The van der Waals surface area contributed by atoms with E-state index < -0.39 is 30.2 Å². The van der Waals surface area contributed by atoms with E-state index in [4.69, 9.17) is 21.4 Å². The van der Waals surface area contributed by atoms with Crippen LogP contribution in [-0.4, -0.2) is 54.6 Å². The molecule has 3 N–H and O–H groups in total. The topological polar surface area (TPSA) is 125 Å². The number of thiophene rings is 1. The van der Waals surface area contributed by atoms with Gasteiger partial charge in [-0.05, 0) is 42.8 Å². The van der Waals surface area contributed by atoms with Crippen molar-refractivity contribution < 1.29 is 29.0 Å². The molecule has 1 aromatic carbocycles. The Morgan fingerprint density at radius 2 is 2.06 bits per heavy atom. The first-order chi connectivity index (χ1) is 14.7. The van der Waals surface area contributed by atoms with Crippen molar-refractivity contribution in [3.05, 3.63) is 45.1 Å². The molecule has 1 saturated heterocycles. The minimum absolute atomic E-state index is 0.0178. The summed E-state index contributed by atoms with van der Waals surface area (Å²) in [6.07, 6.45) is -0.587. The predicted molar refractivity (Wildman–Crippen MR) is 116 cm³/mol. The van der Waals surface area contributed by atoms with Gasteiger partial charge in [-0.25, -0.2) is 0 Å². The number of anilines is 2. The molecule has 1 aromatic heterocycles. The number of halogens is 1. The van der Waals surface area contributed by atoms with Gasteiger partial charge in [0.05, 0.1) is 22.2 Å². The fraction of sp³-hybridized carbons (Fsp3) is 0.300. The van der Waals surface area contributed by atoms with Crippen LogP contribution in [0.25, 0.3) is 0 Å². The lowest BCUT2D eigenvalue weighted by Gasteiger charge is -2.28. The molecule has 0 saturated carbocycles. The predicted octanol–water partition coefficient (Wildman–Crippen LogP) is 2.28. The number of rotatable bonds is 7. The first-order valence-corrected chi connectivity index (χ1v) is 10.5. The molecule has 164 valence electrons. The van der Waals surface area contributed by atoms with Crippen molar-refractivity contribution in [3.8, 4) is 0 Å². The van der Waals surface area contributed by atoms with Gasteiger partial charge in [0.1, 0.15) is 12.6 Å². The molecule has 0 bridgehead atoms. The van der Waals surface area contributed by atoms with Crippen LogP contribution in [0.15, 0.2) is 30.3 Å². The highest BCUT2D eigenvalue weighted by atomic mass is 35.5. The highest BCUT2D eigenvalue weighted by Gasteiger charge is 2.26. The van der Waals surface area contributed by atoms with Gasteiger partial charge in [-0.15, -0.1) is 11.3 Å². The Morgan fingerprint density at radius 1 is 1.29 bits per heavy atom. The van der Waals surface area contributed by atoms with Crippen molar-refractivity contribution in [3.63, 3.8) is 0 Å². The smallest absolute Gasteiger partial charge is 0.305 e. The minimum atomic E-state index is -1.29. The zero-order chi connectivity index (χ0) is 22.5. The number of nitrogens with zero attached hydrogens (tertiary/aromatic N) is 1. The van der Waals surface area contributed by atoms with E-state index in [0.29, 0.717) is 28.9 Å². The number of carboxylic acid groups (broad SMARTS) is 1. The van der Waals surface area contributed by atoms with E-state index in [1.165, 1.54) is 12.1 Å². The largest absolute Gasteiger partial charge is 0.481 e. The number of carbonyl (C=O) groups excluding carboxylic acids is 3. The number of nitrogens with one attached hydrogen (secondary N) is 2. The molecule has 11 heteroatoms. The number of aryl methyl sites for hydroxylation is 1. The average Bonchev–Trinajstić information content (AvgIpc) is 3.14. The molecule has 2 heterocycles. The van der Waals surface area contributed by atoms with Crippen LogP contribution in [0.5, 0.6) is 0 Å². The van der Waals surface area contributed by atoms with Crippen LogP contribution in [0.2, 0.25) is 4.34 Å². The van der Waals surface area contributed by atoms with E-state index in [1.54, 1.807) is 30.0 Å². The number of ether oxygens (including phenoxy) is 1. The van der Waals surface area contributed by atoms with Gasteiger partial charge in [-0.2, -0.15) is 0 Å². The van der Waals surface area contributed by atoms with Crippen LogP contribution < -0.4 is 15.5 Å². The van der Waals surface area contributed by atoms with Crippen LogP contribution in [-0.2, 0) is 19.1 Å². The summed E-state index contributed by atoms with van der Waals surface area (Å²) in [5, 5.41) is 14.2. The minimum Gasteiger partial charge on any atom is -0.481 e. The van der Waals surface area contributed by atoms with Crippen LogP contribution in [0.1, 0.15) is 21.7 Å². The summed E-state index contributed by atoms with van der Waals surface area (Å²) in [6, 6.07) is 6.74. The number of benzene rings is 1. The fourth-order valence-corrected chi connectivity index (χ4v) is 4.03. The Balaban J connectivity index is 1.71. The highest BCUT2D eigenvalue weighted by Crippen LogP contribution is 2.25. The maximum atomic E-state index is 12.7. The van der Waals surface area contributed by atoms with Crippen molar-refractivity contribution >= 4 is 58.0 Å². The van der Waals surface area contributed by atoms with Gasteiger partial charge in [-0.1, -0.05) is 11.6 Å². The van der Waals surface area contributed by atoms with E-state index in [-0.39, 0.29) is 17.4 Å². The van der Waals surface area contributed by atoms with E-state index in [0.717, 1.165) is 16.9 Å². The standard InChI is InChI=1S/C20H20ClN3O6S/c1-11-8-12(2-3-14(11)24-6-7-30-10-17(24)25)22-19(28)13(9-18(26)27)23-20(29)15-4-5-16(21)31-15/h2-5,8,13H,6-7,9-10H2,1H3,(H,22,28)(H,23,29)(H,26,27). The molecular formula is C20H20ClN3O6S. The maximum Gasteiger partial charge on any atom is 0.305 e. The van der Waals surface area contributed by atoms with Gasteiger partial charge >= 0.3 is 5.97 Å². The van der Waals surface area contributed by atoms with Gasteiger partial charge in [0.25, 0.3) is 11.8 Å². The van der Waals surface area contributed by atoms with Gasteiger partial charge < -0.3 is 25.4 Å². The molecule has 1 atom stereocenters. The lowest BCUT2D eigenvalue weighted by molar-refractivity contribution is -0.139. The van der Waals surface area contributed by atoms with E-state index in [1.807, 2.05) is 0 Å². The Bertz CT molecular complexity index is 1020. The van der Waals surface area contributed by atoms with Crippen LogP contribution >= 0.6 is 22.9 Å². The van der Waals surface area contributed by atoms with Crippen LogP contribution in [0.4, 0.5) is 11.4 Å². The Kier molecular flexibility index (Phi) is 7.26. The fourth-order valence-electron chi connectivity index (χ4n) is 3.09. The van der Waals surface area contributed by atoms with Gasteiger partial charge in [-0.3, -0.25) is 19.2 Å². The Morgan fingerprint density at radius 3 is 2.68 bits per heavy atom. The molecule has 1 unspecified atom stereocenters. The number of carboxylic acids is 1. The molecule has 0 spiro atoms. The van der Waals surface area contributed by atoms with E-state index >= 15 is 0 Å². The molecule has 0 aliphatic carbocycles. The molecule has 31 heavy (non-hydrogen) atoms.